The number of sulfonamides is 1. The summed E-state index contributed by atoms with van der Waals surface area (Å²) in [6.45, 7) is 2.69. The van der Waals surface area contributed by atoms with E-state index >= 15 is 0 Å². The lowest BCUT2D eigenvalue weighted by atomic mass is 10.2. The van der Waals surface area contributed by atoms with Gasteiger partial charge in [0.1, 0.15) is 4.90 Å². The second kappa shape index (κ2) is 5.35. The van der Waals surface area contributed by atoms with Crippen molar-refractivity contribution in [3.8, 4) is 0 Å². The van der Waals surface area contributed by atoms with Crippen LogP contribution in [0.4, 0.5) is 11.4 Å². The Kier molecular flexibility index (Phi) is 4.33. The fraction of sp³-hybridized carbons (Fsp3) is 0.400. The third-order valence-corrected chi connectivity index (χ3v) is 3.32. The number of likely N-dealkylation sites (N-methyl/N-ethyl adjacent to an activating group) is 1. The Morgan fingerprint density at radius 1 is 1.41 bits per heavy atom. The van der Waals surface area contributed by atoms with Crippen LogP contribution >= 0.6 is 0 Å². The summed E-state index contributed by atoms with van der Waals surface area (Å²) in [5.41, 5.74) is 6.34. The predicted octanol–water partition coefficient (Wildman–Crippen LogP) is -0.265. The fourth-order valence-corrected chi connectivity index (χ4v) is 2.38. The summed E-state index contributed by atoms with van der Waals surface area (Å²) in [5.74, 6) is 0. The minimum absolute atomic E-state index is 0.0206. The summed E-state index contributed by atoms with van der Waals surface area (Å²) in [6.07, 6.45) is 0. The van der Waals surface area contributed by atoms with Crippen LogP contribution in [0.5, 0.6) is 0 Å². The van der Waals surface area contributed by atoms with Gasteiger partial charge in [-0.2, -0.15) is 0 Å². The van der Waals surface area contributed by atoms with Crippen molar-refractivity contribution >= 4 is 21.4 Å². The third-order valence-electron chi connectivity index (χ3n) is 2.38. The average Bonchev–Trinajstić information content (AvgIpc) is 2.25. The fourth-order valence-electron chi connectivity index (χ4n) is 1.59. The van der Waals surface area contributed by atoms with Crippen molar-refractivity contribution in [2.45, 2.75) is 11.8 Å². The van der Waals surface area contributed by atoms with E-state index in [4.69, 9.17) is 16.0 Å². The molecule has 0 saturated carbocycles. The number of aliphatic hydroxyl groups excluding tert-OH is 1. The number of nitrogens with zero attached hydrogens (tertiary/aromatic N) is 1. The first-order valence-electron chi connectivity index (χ1n) is 5.18. The monoisotopic (exact) mass is 259 g/mol. The van der Waals surface area contributed by atoms with E-state index in [9.17, 15) is 8.42 Å². The van der Waals surface area contributed by atoms with Crippen molar-refractivity contribution in [2.75, 3.05) is 30.3 Å². The molecular formula is C10H17N3O3S. The summed E-state index contributed by atoms with van der Waals surface area (Å²) >= 11 is 0. The molecule has 5 N–H and O–H groups in total. The van der Waals surface area contributed by atoms with Gasteiger partial charge in [-0.15, -0.1) is 0 Å². The minimum atomic E-state index is -3.83. The first kappa shape index (κ1) is 13.8. The molecule has 0 atom stereocenters. The van der Waals surface area contributed by atoms with Crippen LogP contribution in [0.15, 0.2) is 23.1 Å². The van der Waals surface area contributed by atoms with Gasteiger partial charge in [0, 0.05) is 18.8 Å². The molecule has 1 rings (SSSR count). The SMILES string of the molecule is CCN(CCO)c1ccc(N)cc1S(N)(=O)=O. The molecule has 0 aliphatic heterocycles. The van der Waals surface area contributed by atoms with Gasteiger partial charge in [-0.25, -0.2) is 13.6 Å². The van der Waals surface area contributed by atoms with Crippen molar-refractivity contribution in [2.24, 2.45) is 5.14 Å². The number of primary sulfonamides is 1. The molecule has 1 aromatic rings. The normalized spacial score (nSPS) is 11.5. The van der Waals surface area contributed by atoms with Gasteiger partial charge < -0.3 is 15.7 Å². The van der Waals surface area contributed by atoms with Crippen molar-refractivity contribution in [1.82, 2.24) is 0 Å². The molecule has 0 bridgehead atoms. The second-order valence-corrected chi connectivity index (χ2v) is 5.11. The van der Waals surface area contributed by atoms with Crippen molar-refractivity contribution in [1.29, 1.82) is 0 Å². The van der Waals surface area contributed by atoms with E-state index in [0.717, 1.165) is 0 Å². The molecule has 17 heavy (non-hydrogen) atoms. The number of anilines is 2. The molecule has 0 spiro atoms. The number of hydrogen-bond donors (Lipinski definition) is 3. The molecule has 0 radical (unpaired) electrons. The Morgan fingerprint density at radius 3 is 2.53 bits per heavy atom. The van der Waals surface area contributed by atoms with E-state index in [1.54, 1.807) is 17.0 Å². The molecule has 6 nitrogen and oxygen atoms in total. The molecule has 96 valence electrons. The van der Waals surface area contributed by atoms with E-state index in [-0.39, 0.29) is 11.5 Å². The molecule has 0 aliphatic rings. The van der Waals surface area contributed by atoms with Gasteiger partial charge >= 0.3 is 0 Å². The maximum atomic E-state index is 11.5. The van der Waals surface area contributed by atoms with Crippen LogP contribution in [0, 0.1) is 0 Å². The van der Waals surface area contributed by atoms with E-state index in [1.165, 1.54) is 6.07 Å². The van der Waals surface area contributed by atoms with Crippen LogP contribution in [0.2, 0.25) is 0 Å². The average molecular weight is 259 g/mol. The second-order valence-electron chi connectivity index (χ2n) is 3.58. The van der Waals surface area contributed by atoms with Gasteiger partial charge in [0.2, 0.25) is 10.0 Å². The Hall–Kier alpha value is -1.31. The van der Waals surface area contributed by atoms with E-state index < -0.39 is 10.0 Å². The smallest absolute Gasteiger partial charge is 0.240 e. The van der Waals surface area contributed by atoms with Gasteiger partial charge in [-0.05, 0) is 25.1 Å². The van der Waals surface area contributed by atoms with Crippen molar-refractivity contribution in [3.05, 3.63) is 18.2 Å². The Morgan fingerprint density at radius 2 is 2.06 bits per heavy atom. The minimum Gasteiger partial charge on any atom is -0.399 e. The number of hydrogen-bond acceptors (Lipinski definition) is 5. The third kappa shape index (κ3) is 3.32. The zero-order valence-corrected chi connectivity index (χ0v) is 10.4. The highest BCUT2D eigenvalue weighted by molar-refractivity contribution is 7.89. The molecule has 0 fully saturated rings. The van der Waals surface area contributed by atoms with Crippen LogP contribution in [0.1, 0.15) is 6.92 Å². The molecule has 0 unspecified atom stereocenters. The zero-order valence-electron chi connectivity index (χ0n) is 9.63. The highest BCUT2D eigenvalue weighted by Crippen LogP contribution is 2.26. The van der Waals surface area contributed by atoms with Gasteiger partial charge in [0.05, 0.1) is 12.3 Å². The first-order chi connectivity index (χ1) is 7.90. The molecule has 0 heterocycles. The summed E-state index contributed by atoms with van der Waals surface area (Å²) in [6, 6.07) is 4.52. The van der Waals surface area contributed by atoms with Gasteiger partial charge in [0.25, 0.3) is 0 Å². The molecule has 0 amide bonds. The van der Waals surface area contributed by atoms with Crippen LogP contribution in [-0.2, 0) is 10.0 Å². The lowest BCUT2D eigenvalue weighted by Gasteiger charge is -2.24. The molecular weight excluding hydrogens is 242 g/mol. The number of nitrogens with two attached hydrogens (primary N) is 2. The summed E-state index contributed by atoms with van der Waals surface area (Å²) in [5, 5.41) is 14.1. The molecule has 1 aromatic carbocycles. The Labute approximate surface area is 101 Å². The number of nitrogen functional groups attached to an aromatic ring is 1. The molecule has 0 aliphatic carbocycles. The van der Waals surface area contributed by atoms with E-state index in [2.05, 4.69) is 0 Å². The summed E-state index contributed by atoms with van der Waals surface area (Å²) in [4.78, 5) is 1.70. The quantitative estimate of drug-likeness (QED) is 0.631. The largest absolute Gasteiger partial charge is 0.399 e. The zero-order chi connectivity index (χ0) is 13.1. The number of aliphatic hydroxyl groups is 1. The number of rotatable bonds is 5. The molecule has 0 aromatic heterocycles. The van der Waals surface area contributed by atoms with Crippen molar-refractivity contribution in [3.63, 3.8) is 0 Å². The topological polar surface area (TPSA) is 110 Å². The molecule has 0 saturated heterocycles. The molecule has 7 heteroatoms. The maximum Gasteiger partial charge on any atom is 0.240 e. The van der Waals surface area contributed by atoms with Crippen LogP contribution < -0.4 is 15.8 Å². The highest BCUT2D eigenvalue weighted by Gasteiger charge is 2.18. The Balaban J connectivity index is 3.32. The first-order valence-corrected chi connectivity index (χ1v) is 6.73. The summed E-state index contributed by atoms with van der Waals surface area (Å²) < 4.78 is 22.9. The van der Waals surface area contributed by atoms with Gasteiger partial charge in [-0.3, -0.25) is 0 Å². The lowest BCUT2D eigenvalue weighted by molar-refractivity contribution is 0.302. The van der Waals surface area contributed by atoms with Gasteiger partial charge in [0.15, 0.2) is 0 Å². The predicted molar refractivity (Wildman–Crippen MR) is 67.2 cm³/mol. The lowest BCUT2D eigenvalue weighted by Crippen LogP contribution is -2.28. The van der Waals surface area contributed by atoms with E-state index in [0.29, 0.717) is 24.5 Å². The van der Waals surface area contributed by atoms with E-state index in [1.807, 2.05) is 6.92 Å². The number of benzene rings is 1. The maximum absolute atomic E-state index is 11.5. The van der Waals surface area contributed by atoms with Crippen LogP contribution in [0.25, 0.3) is 0 Å². The van der Waals surface area contributed by atoms with Crippen LogP contribution in [-0.4, -0.2) is 33.2 Å². The van der Waals surface area contributed by atoms with Gasteiger partial charge in [-0.1, -0.05) is 0 Å². The Bertz CT molecular complexity index is 488. The van der Waals surface area contributed by atoms with Crippen LogP contribution in [0.3, 0.4) is 0 Å². The van der Waals surface area contributed by atoms with Crippen molar-refractivity contribution < 1.29 is 13.5 Å². The standard InChI is InChI=1S/C10H17N3O3S/c1-2-13(5-6-14)9-4-3-8(11)7-10(9)17(12,15)16/h3-4,7,14H,2,5-6,11H2,1H3,(H2,12,15,16). The summed E-state index contributed by atoms with van der Waals surface area (Å²) in [7, 11) is -3.83. The highest BCUT2D eigenvalue weighted by atomic mass is 32.2.